The van der Waals surface area contributed by atoms with Gasteiger partial charge in [0.05, 0.1) is 25.4 Å². The Kier molecular flexibility index (Phi) is 4.35. The maximum atomic E-state index is 8.85. The molecular formula is C19H20N4O2. The van der Waals surface area contributed by atoms with Gasteiger partial charge in [-0.3, -0.25) is 9.88 Å². The highest BCUT2D eigenvalue weighted by atomic mass is 16.5. The smallest absolute Gasteiger partial charge is 0.213 e. The molecule has 0 unspecified atom stereocenters. The van der Waals surface area contributed by atoms with Crippen molar-refractivity contribution >= 4 is 0 Å². The number of likely N-dealkylation sites (tertiary alicyclic amines) is 1. The van der Waals surface area contributed by atoms with Gasteiger partial charge in [-0.25, -0.2) is 4.98 Å². The van der Waals surface area contributed by atoms with Crippen molar-refractivity contribution in [3.05, 3.63) is 54.0 Å². The third-order valence-electron chi connectivity index (χ3n) is 5.09. The molecule has 2 fully saturated rings. The minimum absolute atomic E-state index is 0.0117. The Morgan fingerprint density at radius 2 is 2.32 bits per heavy atom. The van der Waals surface area contributed by atoms with Gasteiger partial charge in [0.2, 0.25) is 5.88 Å². The number of hydrogen-bond donors (Lipinski definition) is 0. The molecule has 128 valence electrons. The Hall–Kier alpha value is -2.49. The number of nitrogens with zero attached hydrogens (tertiary/aromatic N) is 4. The lowest BCUT2D eigenvalue weighted by Gasteiger charge is -2.27. The second-order valence-corrected chi connectivity index (χ2v) is 6.89. The van der Waals surface area contributed by atoms with Crippen molar-refractivity contribution in [1.82, 2.24) is 14.9 Å². The van der Waals surface area contributed by atoms with Gasteiger partial charge in [-0.1, -0.05) is 6.07 Å². The first kappa shape index (κ1) is 16.0. The fraction of sp³-hybridized carbons (Fsp3) is 0.421. The van der Waals surface area contributed by atoms with Gasteiger partial charge in [-0.2, -0.15) is 5.26 Å². The zero-order chi connectivity index (χ0) is 17.1. The molecule has 0 spiro atoms. The van der Waals surface area contributed by atoms with Gasteiger partial charge in [-0.15, -0.1) is 0 Å². The second kappa shape index (κ2) is 6.79. The average molecular weight is 336 g/mol. The van der Waals surface area contributed by atoms with Crippen LogP contribution in [0.2, 0.25) is 0 Å². The molecule has 2 aliphatic rings. The summed E-state index contributed by atoms with van der Waals surface area (Å²) >= 11 is 0. The molecule has 4 rings (SSSR count). The van der Waals surface area contributed by atoms with Gasteiger partial charge in [0, 0.05) is 55.6 Å². The Balaban J connectivity index is 1.41. The monoisotopic (exact) mass is 336 g/mol. The predicted molar refractivity (Wildman–Crippen MR) is 90.7 cm³/mol. The van der Waals surface area contributed by atoms with Crippen LogP contribution in [0.25, 0.3) is 0 Å². The molecule has 2 aliphatic heterocycles. The maximum Gasteiger partial charge on any atom is 0.213 e. The van der Waals surface area contributed by atoms with Gasteiger partial charge in [0.1, 0.15) is 6.07 Å². The van der Waals surface area contributed by atoms with E-state index in [9.17, 15) is 0 Å². The number of aromatic nitrogens is 2. The van der Waals surface area contributed by atoms with Gasteiger partial charge in [-0.05, 0) is 17.7 Å². The van der Waals surface area contributed by atoms with E-state index in [2.05, 4.69) is 27.0 Å². The van der Waals surface area contributed by atoms with Crippen molar-refractivity contribution in [2.24, 2.45) is 11.3 Å². The first-order valence-electron chi connectivity index (χ1n) is 8.45. The van der Waals surface area contributed by atoms with E-state index in [-0.39, 0.29) is 5.41 Å². The van der Waals surface area contributed by atoms with Crippen LogP contribution in [0.4, 0.5) is 0 Å². The normalized spacial score (nSPS) is 25.5. The van der Waals surface area contributed by atoms with E-state index in [1.54, 1.807) is 24.5 Å². The van der Waals surface area contributed by atoms with Crippen molar-refractivity contribution in [3.63, 3.8) is 0 Å². The van der Waals surface area contributed by atoms with E-state index in [1.807, 2.05) is 12.3 Å². The Labute approximate surface area is 147 Å². The summed E-state index contributed by atoms with van der Waals surface area (Å²) in [6.45, 7) is 4.95. The first-order valence-corrected chi connectivity index (χ1v) is 8.45. The molecule has 2 aromatic rings. The molecule has 0 amide bonds. The molecule has 0 N–H and O–H groups in total. The lowest BCUT2D eigenvalue weighted by Crippen LogP contribution is -2.37. The molecule has 2 atom stereocenters. The number of pyridine rings is 2. The highest BCUT2D eigenvalue weighted by Gasteiger charge is 2.51. The molecule has 2 aromatic heterocycles. The van der Waals surface area contributed by atoms with Crippen molar-refractivity contribution in [2.75, 3.05) is 32.9 Å². The zero-order valence-corrected chi connectivity index (χ0v) is 14.0. The molecule has 0 radical (unpaired) electrons. The van der Waals surface area contributed by atoms with Gasteiger partial charge >= 0.3 is 0 Å². The van der Waals surface area contributed by atoms with Crippen molar-refractivity contribution in [2.45, 2.75) is 6.54 Å². The summed E-state index contributed by atoms with van der Waals surface area (Å²) in [6.07, 6.45) is 5.27. The minimum Gasteiger partial charge on any atom is -0.477 e. The summed E-state index contributed by atoms with van der Waals surface area (Å²) in [7, 11) is 0. The third kappa shape index (κ3) is 3.34. The predicted octanol–water partition coefficient (Wildman–Crippen LogP) is 1.88. The Morgan fingerprint density at radius 1 is 1.36 bits per heavy atom. The highest BCUT2D eigenvalue weighted by molar-refractivity contribution is 5.28. The number of nitriles is 1. The van der Waals surface area contributed by atoms with Crippen LogP contribution in [0.5, 0.6) is 5.88 Å². The van der Waals surface area contributed by atoms with Crippen molar-refractivity contribution in [1.29, 1.82) is 5.26 Å². The van der Waals surface area contributed by atoms with Gasteiger partial charge < -0.3 is 9.47 Å². The summed E-state index contributed by atoms with van der Waals surface area (Å²) in [6, 6.07) is 9.64. The molecule has 0 aliphatic carbocycles. The van der Waals surface area contributed by atoms with Crippen LogP contribution in [0.15, 0.2) is 42.9 Å². The van der Waals surface area contributed by atoms with Crippen LogP contribution in [0, 0.1) is 22.7 Å². The van der Waals surface area contributed by atoms with E-state index >= 15 is 0 Å². The molecule has 4 heterocycles. The maximum absolute atomic E-state index is 8.85. The zero-order valence-electron chi connectivity index (χ0n) is 14.0. The molecule has 2 saturated heterocycles. The second-order valence-electron chi connectivity index (χ2n) is 6.89. The minimum atomic E-state index is 0.0117. The molecule has 25 heavy (non-hydrogen) atoms. The summed E-state index contributed by atoms with van der Waals surface area (Å²) in [5, 5.41) is 8.85. The molecule has 0 aromatic carbocycles. The fourth-order valence-electron chi connectivity index (χ4n) is 3.77. The SMILES string of the molecule is N#Cc1ccc(OC[C@@]23COC[C@@H]2CN(Cc2cccnc2)C3)nc1. The van der Waals surface area contributed by atoms with Gasteiger partial charge in [0.15, 0.2) is 0 Å². The van der Waals surface area contributed by atoms with Crippen LogP contribution < -0.4 is 4.74 Å². The topological polar surface area (TPSA) is 71.3 Å². The van der Waals surface area contributed by atoms with Crippen LogP contribution >= 0.6 is 0 Å². The summed E-state index contributed by atoms with van der Waals surface area (Å²) in [5.41, 5.74) is 1.78. The van der Waals surface area contributed by atoms with Crippen LogP contribution in [0.3, 0.4) is 0 Å². The van der Waals surface area contributed by atoms with E-state index in [0.29, 0.717) is 24.0 Å². The molecule has 0 bridgehead atoms. The fourth-order valence-corrected chi connectivity index (χ4v) is 3.77. The van der Waals surface area contributed by atoms with Crippen LogP contribution in [-0.2, 0) is 11.3 Å². The van der Waals surface area contributed by atoms with Crippen LogP contribution in [0.1, 0.15) is 11.1 Å². The molecule has 6 heteroatoms. The average Bonchev–Trinajstić information content (AvgIpc) is 3.18. The first-order chi connectivity index (χ1) is 12.3. The van der Waals surface area contributed by atoms with E-state index in [0.717, 1.165) is 32.8 Å². The Bertz CT molecular complexity index is 759. The highest BCUT2D eigenvalue weighted by Crippen LogP contribution is 2.42. The lowest BCUT2D eigenvalue weighted by molar-refractivity contribution is 0.0881. The molecule has 0 saturated carbocycles. The van der Waals surface area contributed by atoms with Crippen molar-refractivity contribution in [3.8, 4) is 11.9 Å². The molecular weight excluding hydrogens is 316 g/mol. The summed E-state index contributed by atoms with van der Waals surface area (Å²) in [4.78, 5) is 10.9. The van der Waals surface area contributed by atoms with Crippen molar-refractivity contribution < 1.29 is 9.47 Å². The third-order valence-corrected chi connectivity index (χ3v) is 5.09. The Morgan fingerprint density at radius 3 is 3.08 bits per heavy atom. The van der Waals surface area contributed by atoms with E-state index in [1.165, 1.54) is 5.56 Å². The quantitative estimate of drug-likeness (QED) is 0.830. The summed E-state index contributed by atoms with van der Waals surface area (Å²) < 4.78 is 11.7. The molecule has 6 nitrogen and oxygen atoms in total. The largest absolute Gasteiger partial charge is 0.477 e. The number of rotatable bonds is 5. The summed E-state index contributed by atoms with van der Waals surface area (Å²) in [5.74, 6) is 1.03. The number of fused-ring (bicyclic) bond motifs is 1. The van der Waals surface area contributed by atoms with Crippen LogP contribution in [-0.4, -0.2) is 47.8 Å². The number of ether oxygens (including phenoxy) is 2. The standard InChI is InChI=1S/C19H20N4O2/c20-6-15-3-4-18(22-8-15)25-14-19-12-23(10-17(19)11-24-13-19)9-16-2-1-5-21-7-16/h1-5,7-8,17H,9-14H2/t17-,19+/m0/s1. The number of hydrogen-bond acceptors (Lipinski definition) is 6. The van der Waals surface area contributed by atoms with E-state index in [4.69, 9.17) is 14.7 Å². The lowest BCUT2D eigenvalue weighted by atomic mass is 9.82. The van der Waals surface area contributed by atoms with Gasteiger partial charge in [0.25, 0.3) is 0 Å². The van der Waals surface area contributed by atoms with E-state index < -0.39 is 0 Å².